The fourth-order valence-electron chi connectivity index (χ4n) is 5.61. The molecule has 4 rings (SSSR count). The van der Waals surface area contributed by atoms with Gasteiger partial charge in [0.25, 0.3) is 0 Å². The van der Waals surface area contributed by atoms with Crippen molar-refractivity contribution >= 4 is 11.9 Å². The Bertz CT molecular complexity index is 1140. The van der Waals surface area contributed by atoms with Crippen LogP contribution in [-0.2, 0) is 27.4 Å². The van der Waals surface area contributed by atoms with Crippen LogP contribution >= 0.6 is 0 Å². The highest BCUT2D eigenvalue weighted by atomic mass is 16.5. The zero-order chi connectivity index (χ0) is 26.2. The first-order valence-corrected chi connectivity index (χ1v) is 13.1. The van der Waals surface area contributed by atoms with Gasteiger partial charge in [0.1, 0.15) is 0 Å². The van der Waals surface area contributed by atoms with E-state index in [0.29, 0.717) is 25.2 Å². The summed E-state index contributed by atoms with van der Waals surface area (Å²) in [7, 11) is 0. The highest BCUT2D eigenvalue weighted by molar-refractivity contribution is 5.85. The van der Waals surface area contributed by atoms with Crippen molar-refractivity contribution in [2.45, 2.75) is 85.6 Å². The van der Waals surface area contributed by atoms with Gasteiger partial charge in [-0.15, -0.1) is 0 Å². The van der Waals surface area contributed by atoms with Crippen LogP contribution in [0.5, 0.6) is 0 Å². The maximum atomic E-state index is 13.3. The molecule has 0 aromatic heterocycles. The van der Waals surface area contributed by atoms with Crippen LogP contribution in [0.25, 0.3) is 11.1 Å². The van der Waals surface area contributed by atoms with Crippen molar-refractivity contribution in [3.63, 3.8) is 0 Å². The molecule has 194 valence electrons. The monoisotopic (exact) mass is 492 g/mol. The summed E-state index contributed by atoms with van der Waals surface area (Å²) >= 11 is 0. The number of carbonyl (C=O) groups excluding carboxylic acids is 1. The normalized spacial score (nSPS) is 17.2. The van der Waals surface area contributed by atoms with E-state index in [1.807, 2.05) is 39.5 Å². The lowest BCUT2D eigenvalue weighted by molar-refractivity contribution is -0.160. The number of ether oxygens (including phenoxy) is 1. The van der Waals surface area contributed by atoms with Gasteiger partial charge < -0.3 is 14.7 Å². The van der Waals surface area contributed by atoms with Gasteiger partial charge in [-0.3, -0.25) is 9.69 Å². The van der Waals surface area contributed by atoms with Crippen molar-refractivity contribution in [2.75, 3.05) is 19.6 Å². The molecule has 2 aliphatic rings. The molecule has 1 amide bonds. The summed E-state index contributed by atoms with van der Waals surface area (Å²) in [6.07, 6.45) is 2.44. The van der Waals surface area contributed by atoms with E-state index in [9.17, 15) is 14.7 Å². The van der Waals surface area contributed by atoms with Crippen molar-refractivity contribution in [1.82, 2.24) is 9.80 Å². The average Bonchev–Trinajstić information content (AvgIpc) is 3.27. The predicted octanol–water partition coefficient (Wildman–Crippen LogP) is 5.55. The van der Waals surface area contributed by atoms with Gasteiger partial charge in [-0.05, 0) is 101 Å². The first-order chi connectivity index (χ1) is 17.0. The van der Waals surface area contributed by atoms with Gasteiger partial charge in [-0.2, -0.15) is 0 Å². The summed E-state index contributed by atoms with van der Waals surface area (Å²) in [6, 6.07) is 8.21. The number of rotatable bonds is 6. The highest BCUT2D eigenvalue weighted by Crippen LogP contribution is 2.43. The van der Waals surface area contributed by atoms with Gasteiger partial charge in [0.2, 0.25) is 5.91 Å². The van der Waals surface area contributed by atoms with Gasteiger partial charge in [0.15, 0.2) is 6.10 Å². The molecule has 2 aliphatic heterocycles. The van der Waals surface area contributed by atoms with Gasteiger partial charge in [0, 0.05) is 18.7 Å². The largest absolute Gasteiger partial charge is 0.479 e. The van der Waals surface area contributed by atoms with Crippen LogP contribution < -0.4 is 0 Å². The molecule has 0 aliphatic carbocycles. The fraction of sp³-hybridized carbons (Fsp3) is 0.533. The van der Waals surface area contributed by atoms with E-state index in [-0.39, 0.29) is 5.91 Å². The third-order valence-corrected chi connectivity index (χ3v) is 7.47. The number of aryl methyl sites for hydroxylation is 1. The second-order valence-electron chi connectivity index (χ2n) is 11.4. The van der Waals surface area contributed by atoms with Crippen LogP contribution in [0.1, 0.15) is 79.5 Å². The molecule has 2 aromatic rings. The Balaban J connectivity index is 1.79. The van der Waals surface area contributed by atoms with Gasteiger partial charge in [-0.1, -0.05) is 36.2 Å². The van der Waals surface area contributed by atoms with Crippen LogP contribution in [-0.4, -0.2) is 52.0 Å². The van der Waals surface area contributed by atoms with Gasteiger partial charge in [-0.25, -0.2) is 4.79 Å². The Morgan fingerprint density at radius 1 is 0.944 bits per heavy atom. The summed E-state index contributed by atoms with van der Waals surface area (Å²) < 4.78 is 6.15. The van der Waals surface area contributed by atoms with Crippen molar-refractivity contribution in [3.8, 4) is 11.1 Å². The summed E-state index contributed by atoms with van der Waals surface area (Å²) in [5.74, 6) is -0.858. The van der Waals surface area contributed by atoms with Crippen molar-refractivity contribution in [2.24, 2.45) is 0 Å². The number of hydrogen-bond donors (Lipinski definition) is 1. The summed E-state index contributed by atoms with van der Waals surface area (Å²) in [5.41, 5.74) is 7.24. The maximum Gasteiger partial charge on any atom is 0.337 e. The van der Waals surface area contributed by atoms with Crippen LogP contribution in [0.2, 0.25) is 0 Å². The van der Waals surface area contributed by atoms with E-state index in [1.54, 1.807) is 0 Å². The molecule has 6 heteroatoms. The number of nitrogens with zero attached hydrogens (tertiary/aromatic N) is 2. The standard InChI is InChI=1S/C30H40N2O4/c1-19-10-12-22(13-11-19)26-20(2)23-16-32(25(33)18-31-14-8-7-9-15-31)17-24(23)21(3)27(26)28(29(34)35)36-30(4,5)6/h10-13,28H,7-9,14-18H2,1-6H3,(H,34,35)/t28-/m0/s1. The van der Waals surface area contributed by atoms with E-state index < -0.39 is 17.7 Å². The second kappa shape index (κ2) is 10.3. The average molecular weight is 493 g/mol. The molecule has 1 atom stereocenters. The minimum absolute atomic E-state index is 0.145. The Hall–Kier alpha value is -2.70. The van der Waals surface area contributed by atoms with E-state index in [1.165, 1.54) is 6.42 Å². The third-order valence-electron chi connectivity index (χ3n) is 7.47. The Morgan fingerprint density at radius 3 is 2.08 bits per heavy atom. The topological polar surface area (TPSA) is 70.1 Å². The number of carbonyl (C=O) groups is 2. The van der Waals surface area contributed by atoms with Crippen molar-refractivity contribution < 1.29 is 19.4 Å². The van der Waals surface area contributed by atoms with Crippen LogP contribution in [0, 0.1) is 20.8 Å². The van der Waals surface area contributed by atoms with E-state index in [4.69, 9.17) is 4.74 Å². The molecule has 0 spiro atoms. The number of hydrogen-bond acceptors (Lipinski definition) is 4. The van der Waals surface area contributed by atoms with Crippen molar-refractivity contribution in [1.29, 1.82) is 0 Å². The number of amides is 1. The van der Waals surface area contributed by atoms with Crippen LogP contribution in [0.4, 0.5) is 0 Å². The van der Waals surface area contributed by atoms with E-state index >= 15 is 0 Å². The zero-order valence-electron chi connectivity index (χ0n) is 22.6. The van der Waals surface area contributed by atoms with Crippen LogP contribution in [0.3, 0.4) is 0 Å². The summed E-state index contributed by atoms with van der Waals surface area (Å²) in [4.78, 5) is 30.0. The number of piperidine rings is 1. The molecule has 2 aromatic carbocycles. The number of likely N-dealkylation sites (tertiary alicyclic amines) is 1. The zero-order valence-corrected chi connectivity index (χ0v) is 22.6. The molecule has 1 N–H and O–H groups in total. The van der Waals surface area contributed by atoms with E-state index in [2.05, 4.69) is 36.1 Å². The molecule has 1 saturated heterocycles. The minimum Gasteiger partial charge on any atom is -0.479 e. The number of carboxylic acid groups (broad SMARTS) is 1. The lowest BCUT2D eigenvalue weighted by Gasteiger charge is -2.29. The number of aliphatic carboxylic acids is 1. The third kappa shape index (κ3) is 5.50. The summed E-state index contributed by atoms with van der Waals surface area (Å²) in [5, 5.41) is 10.3. The van der Waals surface area contributed by atoms with Crippen molar-refractivity contribution in [3.05, 3.63) is 57.6 Å². The molecule has 6 nitrogen and oxygen atoms in total. The number of carboxylic acids is 1. The molecule has 0 unspecified atom stereocenters. The predicted molar refractivity (Wildman–Crippen MR) is 142 cm³/mol. The molecule has 0 radical (unpaired) electrons. The Labute approximate surface area is 215 Å². The maximum absolute atomic E-state index is 13.3. The molecule has 2 heterocycles. The lowest BCUT2D eigenvalue weighted by atomic mass is 9.83. The molecular formula is C30H40N2O4. The fourth-order valence-corrected chi connectivity index (χ4v) is 5.61. The first-order valence-electron chi connectivity index (χ1n) is 13.1. The molecular weight excluding hydrogens is 452 g/mol. The Kier molecular flexibility index (Phi) is 7.58. The van der Waals surface area contributed by atoms with E-state index in [0.717, 1.165) is 64.9 Å². The van der Waals surface area contributed by atoms with Gasteiger partial charge in [0.05, 0.1) is 12.1 Å². The smallest absolute Gasteiger partial charge is 0.337 e. The molecule has 36 heavy (non-hydrogen) atoms. The summed E-state index contributed by atoms with van der Waals surface area (Å²) in [6.45, 7) is 15.2. The first kappa shape index (κ1) is 26.4. The number of benzene rings is 2. The van der Waals surface area contributed by atoms with Gasteiger partial charge >= 0.3 is 5.97 Å². The lowest BCUT2D eigenvalue weighted by Crippen LogP contribution is -2.40. The SMILES string of the molecule is Cc1ccc(-c2c(C)c3c(c(C)c2[C@H](OC(C)(C)C)C(=O)O)CN(C(=O)CN2CCCCC2)C3)cc1. The minimum atomic E-state index is -1.11. The molecule has 0 saturated carbocycles. The molecule has 0 bridgehead atoms. The Morgan fingerprint density at radius 2 is 1.53 bits per heavy atom. The second-order valence-corrected chi connectivity index (χ2v) is 11.4. The van der Waals surface area contributed by atoms with Crippen LogP contribution in [0.15, 0.2) is 24.3 Å². The molecule has 1 fully saturated rings. The number of fused-ring (bicyclic) bond motifs is 1. The highest BCUT2D eigenvalue weighted by Gasteiger charge is 2.36. The quantitative estimate of drug-likeness (QED) is 0.573.